The maximum atomic E-state index is 15.1. The fourth-order valence-electron chi connectivity index (χ4n) is 8.25. The number of carbonyl (C=O) groups excluding carboxylic acids is 2. The summed E-state index contributed by atoms with van der Waals surface area (Å²) in [6, 6.07) is 15.7. The first-order valence-corrected chi connectivity index (χ1v) is 18.2. The normalized spacial score (nSPS) is 15.8. The Labute approximate surface area is 306 Å². The summed E-state index contributed by atoms with van der Waals surface area (Å²) in [6.07, 6.45) is 1.31. The number of amides is 2. The highest BCUT2D eigenvalue weighted by atomic mass is 35.5. The quantitative estimate of drug-likeness (QED) is 0.168. The van der Waals surface area contributed by atoms with Gasteiger partial charge in [-0.25, -0.2) is 0 Å². The number of anilines is 1. The van der Waals surface area contributed by atoms with Gasteiger partial charge in [0, 0.05) is 65.3 Å². The van der Waals surface area contributed by atoms with E-state index in [4.69, 9.17) is 33.0 Å². The van der Waals surface area contributed by atoms with Crippen LogP contribution >= 0.6 is 23.2 Å². The molecule has 2 aliphatic heterocycles. The highest BCUT2D eigenvalue weighted by Gasteiger charge is 2.38. The molecule has 2 amide bonds. The van der Waals surface area contributed by atoms with Gasteiger partial charge in [-0.05, 0) is 94.5 Å². The van der Waals surface area contributed by atoms with Crippen molar-refractivity contribution in [2.24, 2.45) is 7.05 Å². The fourth-order valence-corrected chi connectivity index (χ4v) is 8.61. The van der Waals surface area contributed by atoms with E-state index in [2.05, 4.69) is 34.4 Å². The van der Waals surface area contributed by atoms with E-state index in [0.29, 0.717) is 55.5 Å². The lowest BCUT2D eigenvalue weighted by Gasteiger charge is -2.35. The summed E-state index contributed by atoms with van der Waals surface area (Å²) in [5.41, 5.74) is 10.6. The molecule has 6 aromatic rings. The summed E-state index contributed by atoms with van der Waals surface area (Å²) in [5, 5.41) is 11.0. The van der Waals surface area contributed by atoms with Crippen LogP contribution in [0.15, 0.2) is 48.5 Å². The van der Waals surface area contributed by atoms with E-state index in [1.807, 2.05) is 79.9 Å². The van der Waals surface area contributed by atoms with E-state index < -0.39 is 0 Å². The summed E-state index contributed by atoms with van der Waals surface area (Å²) in [6.45, 7) is 12.3. The minimum Gasteiger partial charge on any atom is -0.494 e. The number of benzene rings is 3. The molecule has 0 saturated carbocycles. The fraction of sp³-hybridized carbons (Fsp3) is 0.325. The lowest BCUT2D eigenvalue weighted by molar-refractivity contribution is 0.0928. The largest absolute Gasteiger partial charge is 0.494 e. The number of nitrogens with zero attached hydrogens (tertiary/aromatic N) is 5. The molecule has 0 spiro atoms. The first-order valence-electron chi connectivity index (χ1n) is 17.4. The molecule has 9 nitrogen and oxygen atoms in total. The molecule has 3 aromatic heterocycles. The van der Waals surface area contributed by atoms with E-state index in [1.165, 1.54) is 0 Å². The van der Waals surface area contributed by atoms with Crippen LogP contribution in [-0.4, -0.2) is 50.4 Å². The Bertz CT molecular complexity index is 2410. The number of nitrogens with one attached hydrogen (secondary N) is 1. The van der Waals surface area contributed by atoms with Crippen molar-refractivity contribution in [3.63, 3.8) is 0 Å². The van der Waals surface area contributed by atoms with Crippen molar-refractivity contribution in [3.05, 3.63) is 98.0 Å². The average Bonchev–Trinajstić information content (AvgIpc) is 3.73. The third kappa shape index (κ3) is 5.23. The van der Waals surface area contributed by atoms with Crippen LogP contribution in [0, 0.1) is 27.7 Å². The third-order valence-corrected chi connectivity index (χ3v) is 11.5. The van der Waals surface area contributed by atoms with Gasteiger partial charge in [0.2, 0.25) is 0 Å². The van der Waals surface area contributed by atoms with Crippen LogP contribution in [-0.2, 0) is 20.0 Å². The Balaban J connectivity index is 1.27. The highest BCUT2D eigenvalue weighted by molar-refractivity contribution is 6.35. The second-order valence-corrected chi connectivity index (χ2v) is 14.7. The van der Waals surface area contributed by atoms with E-state index >= 15 is 4.79 Å². The van der Waals surface area contributed by atoms with Crippen LogP contribution in [0.25, 0.3) is 32.9 Å². The van der Waals surface area contributed by atoms with Crippen molar-refractivity contribution >= 4 is 62.5 Å². The van der Waals surface area contributed by atoms with Gasteiger partial charge in [0.1, 0.15) is 17.1 Å². The van der Waals surface area contributed by atoms with Crippen LogP contribution in [0.5, 0.6) is 5.75 Å². The van der Waals surface area contributed by atoms with Crippen LogP contribution in [0.2, 0.25) is 10.0 Å². The average molecular weight is 724 g/mol. The number of aromatic nitrogens is 4. The molecule has 5 heterocycles. The van der Waals surface area contributed by atoms with Gasteiger partial charge in [-0.15, -0.1) is 0 Å². The summed E-state index contributed by atoms with van der Waals surface area (Å²) in [5.74, 6) is 0.609. The van der Waals surface area contributed by atoms with Crippen molar-refractivity contribution in [1.82, 2.24) is 24.2 Å². The van der Waals surface area contributed by atoms with Gasteiger partial charge in [0.15, 0.2) is 0 Å². The Morgan fingerprint density at radius 2 is 1.75 bits per heavy atom. The zero-order chi connectivity index (χ0) is 35.9. The highest BCUT2D eigenvalue weighted by Crippen LogP contribution is 2.45. The number of carbonyl (C=O) groups is 2. The molecule has 8 rings (SSSR count). The monoisotopic (exact) mass is 722 g/mol. The van der Waals surface area contributed by atoms with E-state index in [9.17, 15) is 4.79 Å². The Morgan fingerprint density at radius 3 is 2.47 bits per heavy atom. The van der Waals surface area contributed by atoms with Gasteiger partial charge < -0.3 is 24.1 Å². The Kier molecular flexibility index (Phi) is 8.19. The van der Waals surface area contributed by atoms with Crippen LogP contribution < -0.4 is 15.0 Å². The summed E-state index contributed by atoms with van der Waals surface area (Å²) in [7, 11) is 1.94. The SMILES string of the molecule is Cc1cc(OCCCc2c3n(c4c(-c5c(C)nn(C)c5C)c(Cl)ccc24)[C@H](C)CN(c2cccc4cc5n(c24)CCNC5=O)C3=O)cc(C)c1Cl. The number of ether oxygens (including phenoxy) is 1. The molecular weight excluding hydrogens is 683 g/mol. The van der Waals surface area contributed by atoms with Crippen molar-refractivity contribution < 1.29 is 14.3 Å². The maximum absolute atomic E-state index is 15.1. The van der Waals surface area contributed by atoms with Crippen molar-refractivity contribution in [3.8, 4) is 16.9 Å². The predicted octanol–water partition coefficient (Wildman–Crippen LogP) is 8.51. The third-order valence-electron chi connectivity index (χ3n) is 10.6. The molecule has 3 aromatic carbocycles. The van der Waals surface area contributed by atoms with E-state index in [1.54, 1.807) is 0 Å². The first kappa shape index (κ1) is 33.4. The molecule has 262 valence electrons. The molecule has 1 atom stereocenters. The predicted molar refractivity (Wildman–Crippen MR) is 204 cm³/mol. The van der Waals surface area contributed by atoms with Crippen molar-refractivity contribution in [1.29, 1.82) is 0 Å². The van der Waals surface area contributed by atoms with Crippen LogP contribution in [0.1, 0.15) is 68.4 Å². The molecule has 0 unspecified atom stereocenters. The Morgan fingerprint density at radius 1 is 0.980 bits per heavy atom. The molecule has 2 aliphatic rings. The number of fused-ring (bicyclic) bond motifs is 6. The van der Waals surface area contributed by atoms with Gasteiger partial charge in [0.05, 0.1) is 34.0 Å². The number of para-hydroxylation sites is 1. The number of hydrogen-bond acceptors (Lipinski definition) is 4. The number of rotatable bonds is 7. The Hall–Kier alpha value is -4.73. The molecule has 0 bridgehead atoms. The lowest BCUT2D eigenvalue weighted by atomic mass is 9.98. The number of hydrogen-bond donors (Lipinski definition) is 1. The minimum atomic E-state index is -0.0966. The molecule has 0 radical (unpaired) electrons. The molecule has 0 aliphatic carbocycles. The molecule has 0 fully saturated rings. The molecule has 11 heteroatoms. The molecule has 0 saturated heterocycles. The lowest BCUT2D eigenvalue weighted by Crippen LogP contribution is -2.43. The van der Waals surface area contributed by atoms with E-state index in [0.717, 1.165) is 77.5 Å². The van der Waals surface area contributed by atoms with Crippen molar-refractivity contribution in [2.45, 2.75) is 60.0 Å². The first-order chi connectivity index (χ1) is 24.5. The molecule has 51 heavy (non-hydrogen) atoms. The number of aryl methyl sites for hydroxylation is 5. The molecule has 1 N–H and O–H groups in total. The second-order valence-electron chi connectivity index (χ2n) is 13.9. The smallest absolute Gasteiger partial charge is 0.275 e. The molecular formula is C40H40Cl2N6O3. The standard InChI is InChI=1S/C40H40Cl2N6O3/c1-21-17-27(18-22(2)35(21)42)51-16-8-10-28-29-12-13-30(41)34(33-24(4)44-45(6)25(33)5)37(29)48-23(3)20-47(40(50)38(28)48)31-11-7-9-26-19-32-39(49)43-14-15-46(32)36(26)31/h7,9,11-13,17-19,23H,8,10,14-16,20H2,1-6H3,(H,43,49)/t23-/m1/s1. The van der Waals surface area contributed by atoms with Gasteiger partial charge >= 0.3 is 0 Å². The number of halogens is 2. The summed E-state index contributed by atoms with van der Waals surface area (Å²) < 4.78 is 12.4. The van der Waals surface area contributed by atoms with Gasteiger partial charge in [-0.1, -0.05) is 41.4 Å². The minimum absolute atomic E-state index is 0.0748. The van der Waals surface area contributed by atoms with Crippen LogP contribution in [0.3, 0.4) is 0 Å². The van der Waals surface area contributed by atoms with Gasteiger partial charge in [-0.2, -0.15) is 5.10 Å². The zero-order valence-electron chi connectivity index (χ0n) is 29.7. The van der Waals surface area contributed by atoms with Crippen LogP contribution in [0.4, 0.5) is 5.69 Å². The summed E-state index contributed by atoms with van der Waals surface area (Å²) >= 11 is 13.5. The second kappa shape index (κ2) is 12.5. The topological polar surface area (TPSA) is 86.3 Å². The summed E-state index contributed by atoms with van der Waals surface area (Å²) in [4.78, 5) is 29.8. The van der Waals surface area contributed by atoms with Crippen molar-refractivity contribution in [2.75, 3.05) is 24.6 Å². The van der Waals surface area contributed by atoms with E-state index in [-0.39, 0.29) is 17.9 Å². The van der Waals surface area contributed by atoms with Gasteiger partial charge in [0.25, 0.3) is 11.8 Å². The van der Waals surface area contributed by atoms with Gasteiger partial charge in [-0.3, -0.25) is 14.3 Å². The maximum Gasteiger partial charge on any atom is 0.275 e. The zero-order valence-corrected chi connectivity index (χ0v) is 31.2.